The van der Waals surface area contributed by atoms with Crippen molar-refractivity contribution >= 4 is 18.0 Å². The van der Waals surface area contributed by atoms with Crippen LogP contribution in [0, 0.1) is 0 Å². The highest BCUT2D eigenvalue weighted by Crippen LogP contribution is 2.44. The van der Waals surface area contributed by atoms with Crippen molar-refractivity contribution in [2.75, 3.05) is 6.61 Å². The minimum absolute atomic E-state index is 0.00965. The van der Waals surface area contributed by atoms with Gasteiger partial charge < -0.3 is 20.5 Å². The summed E-state index contributed by atoms with van der Waals surface area (Å²) in [6, 6.07) is 15.8. The molecule has 0 heterocycles. The molecule has 2 aliphatic carbocycles. The molecule has 1 atom stereocenters. The van der Waals surface area contributed by atoms with E-state index in [0.717, 1.165) is 41.5 Å². The predicted octanol–water partition coefficient (Wildman–Crippen LogP) is 4.60. The van der Waals surface area contributed by atoms with E-state index in [4.69, 9.17) is 4.74 Å². The second kappa shape index (κ2) is 10.3. The first-order chi connectivity index (χ1) is 16.4. The molecule has 0 bridgehead atoms. The van der Waals surface area contributed by atoms with Gasteiger partial charge in [-0.3, -0.25) is 4.79 Å². The molecule has 0 saturated heterocycles. The molecule has 180 valence electrons. The number of nitrogens with one attached hydrogen (secondary N) is 2. The summed E-state index contributed by atoms with van der Waals surface area (Å²) in [5.41, 5.74) is 3.39. The Kier molecular flexibility index (Phi) is 7.20. The van der Waals surface area contributed by atoms with Crippen LogP contribution in [0.2, 0.25) is 0 Å². The number of hydrogen-bond donors (Lipinski definition) is 3. The van der Waals surface area contributed by atoms with Crippen LogP contribution in [-0.4, -0.2) is 41.3 Å². The molecule has 2 aromatic rings. The second-order valence-electron chi connectivity index (χ2n) is 9.28. The summed E-state index contributed by atoms with van der Waals surface area (Å²) in [7, 11) is 0. The fourth-order valence-electron chi connectivity index (χ4n) is 5.19. The van der Waals surface area contributed by atoms with E-state index in [0.29, 0.717) is 19.3 Å². The first-order valence-corrected chi connectivity index (χ1v) is 12.1. The number of ether oxygens (including phenoxy) is 1. The number of rotatable bonds is 8. The van der Waals surface area contributed by atoms with Gasteiger partial charge in [0.15, 0.2) is 0 Å². The zero-order valence-electron chi connectivity index (χ0n) is 19.5. The third-order valence-electron chi connectivity index (χ3n) is 7.09. The Morgan fingerprint density at radius 1 is 1.00 bits per heavy atom. The van der Waals surface area contributed by atoms with Crippen molar-refractivity contribution < 1.29 is 24.2 Å². The number of hydrogen-bond acceptors (Lipinski definition) is 4. The molecule has 7 nitrogen and oxygen atoms in total. The van der Waals surface area contributed by atoms with Gasteiger partial charge in [-0.15, -0.1) is 0 Å². The third-order valence-corrected chi connectivity index (χ3v) is 7.09. The summed E-state index contributed by atoms with van der Waals surface area (Å²) in [6.45, 7) is 2.07. The molecule has 1 saturated carbocycles. The maximum Gasteiger partial charge on any atom is 0.407 e. The quantitative estimate of drug-likeness (QED) is 0.530. The standard InChI is InChI=1S/C27H32N2O5/c1-2-18(16-24(30)29-27(25(31)32)14-8-3-9-15-27)28-26(33)34-17-23-21-12-6-4-10-19(21)20-11-5-7-13-22(20)23/h4-7,10-13,18,23H,2-3,8-9,14-17H2,1H3,(H,28,33)(H,29,30)(H,31,32)/t18-/m1/s1. The number of carbonyl (C=O) groups is 3. The summed E-state index contributed by atoms with van der Waals surface area (Å²) < 4.78 is 5.59. The van der Waals surface area contributed by atoms with E-state index in [9.17, 15) is 19.5 Å². The van der Waals surface area contributed by atoms with Crippen molar-refractivity contribution in [1.29, 1.82) is 0 Å². The number of carboxylic acid groups (broad SMARTS) is 1. The molecule has 7 heteroatoms. The van der Waals surface area contributed by atoms with E-state index >= 15 is 0 Å². The van der Waals surface area contributed by atoms with Crippen LogP contribution >= 0.6 is 0 Å². The van der Waals surface area contributed by atoms with Crippen LogP contribution in [0.15, 0.2) is 48.5 Å². The predicted molar refractivity (Wildman–Crippen MR) is 128 cm³/mol. The smallest absolute Gasteiger partial charge is 0.407 e. The van der Waals surface area contributed by atoms with E-state index in [1.165, 1.54) is 0 Å². The van der Waals surface area contributed by atoms with Crippen molar-refractivity contribution in [2.24, 2.45) is 0 Å². The summed E-state index contributed by atoms with van der Waals surface area (Å²) in [6.07, 6.45) is 3.37. The molecule has 0 spiro atoms. The van der Waals surface area contributed by atoms with Gasteiger partial charge in [0.25, 0.3) is 0 Å². The molecule has 0 unspecified atom stereocenters. The van der Waals surface area contributed by atoms with Gasteiger partial charge >= 0.3 is 12.1 Å². The topological polar surface area (TPSA) is 105 Å². The molecule has 4 rings (SSSR count). The van der Waals surface area contributed by atoms with Crippen molar-refractivity contribution in [1.82, 2.24) is 10.6 Å². The Morgan fingerprint density at radius 3 is 2.15 bits per heavy atom. The number of carbonyl (C=O) groups excluding carboxylic acids is 2. The fraction of sp³-hybridized carbons (Fsp3) is 0.444. The molecular weight excluding hydrogens is 432 g/mol. The van der Waals surface area contributed by atoms with Gasteiger partial charge in [-0.25, -0.2) is 9.59 Å². The maximum atomic E-state index is 12.6. The molecule has 0 radical (unpaired) electrons. The molecule has 2 amide bonds. The van der Waals surface area contributed by atoms with Crippen LogP contribution in [0.25, 0.3) is 11.1 Å². The second-order valence-corrected chi connectivity index (χ2v) is 9.28. The lowest BCUT2D eigenvalue weighted by Gasteiger charge is -2.34. The van der Waals surface area contributed by atoms with E-state index in [1.807, 2.05) is 31.2 Å². The summed E-state index contributed by atoms with van der Waals surface area (Å²) in [4.78, 5) is 37.1. The Hall–Kier alpha value is -3.35. The van der Waals surface area contributed by atoms with Gasteiger partial charge in [0, 0.05) is 18.4 Å². The Labute approximate surface area is 199 Å². The Bertz CT molecular complexity index is 1010. The molecule has 0 aromatic heterocycles. The number of carboxylic acids is 1. The van der Waals surface area contributed by atoms with Crippen molar-refractivity contribution in [3.05, 3.63) is 59.7 Å². The Morgan fingerprint density at radius 2 is 1.59 bits per heavy atom. The van der Waals surface area contributed by atoms with Crippen molar-refractivity contribution in [3.8, 4) is 11.1 Å². The SMILES string of the molecule is CC[C@H](CC(=O)NC1(C(=O)O)CCCCC1)NC(=O)OCC1c2ccccc2-c2ccccc21. The minimum Gasteiger partial charge on any atom is -0.480 e. The van der Waals surface area contributed by atoms with E-state index in [-0.39, 0.29) is 24.9 Å². The monoisotopic (exact) mass is 464 g/mol. The highest BCUT2D eigenvalue weighted by Gasteiger charge is 2.41. The van der Waals surface area contributed by atoms with Crippen molar-refractivity contribution in [2.45, 2.75) is 69.4 Å². The minimum atomic E-state index is -1.20. The van der Waals surface area contributed by atoms with Crippen LogP contribution < -0.4 is 10.6 Å². The van der Waals surface area contributed by atoms with E-state index in [2.05, 4.69) is 34.9 Å². The Balaban J connectivity index is 1.33. The lowest BCUT2D eigenvalue weighted by molar-refractivity contribution is -0.149. The van der Waals surface area contributed by atoms with Gasteiger partial charge in [0.1, 0.15) is 12.1 Å². The molecule has 3 N–H and O–H groups in total. The average Bonchev–Trinajstić information content (AvgIpc) is 3.16. The number of amides is 2. The van der Waals surface area contributed by atoms with Crippen LogP contribution in [0.3, 0.4) is 0 Å². The van der Waals surface area contributed by atoms with Crippen LogP contribution in [-0.2, 0) is 14.3 Å². The first-order valence-electron chi connectivity index (χ1n) is 12.1. The van der Waals surface area contributed by atoms with Crippen LogP contribution in [0.1, 0.15) is 68.9 Å². The summed E-state index contributed by atoms with van der Waals surface area (Å²) >= 11 is 0. The largest absolute Gasteiger partial charge is 0.480 e. The molecule has 2 aromatic carbocycles. The van der Waals surface area contributed by atoms with E-state index in [1.54, 1.807) is 0 Å². The van der Waals surface area contributed by atoms with Gasteiger partial charge in [-0.05, 0) is 41.5 Å². The van der Waals surface area contributed by atoms with Crippen LogP contribution in [0.4, 0.5) is 4.79 Å². The highest BCUT2D eigenvalue weighted by molar-refractivity contribution is 5.87. The van der Waals surface area contributed by atoms with Crippen molar-refractivity contribution in [3.63, 3.8) is 0 Å². The fourth-order valence-corrected chi connectivity index (χ4v) is 5.19. The molecule has 2 aliphatic rings. The average molecular weight is 465 g/mol. The van der Waals surface area contributed by atoms with E-state index < -0.39 is 23.6 Å². The molecule has 0 aliphatic heterocycles. The summed E-state index contributed by atoms with van der Waals surface area (Å²) in [5.74, 6) is -1.39. The zero-order chi connectivity index (χ0) is 24.1. The number of fused-ring (bicyclic) bond motifs is 3. The number of alkyl carbamates (subject to hydrolysis) is 1. The lowest BCUT2D eigenvalue weighted by Crippen LogP contribution is -2.56. The van der Waals surface area contributed by atoms with Gasteiger partial charge in [0.05, 0.1) is 0 Å². The molecule has 34 heavy (non-hydrogen) atoms. The number of benzene rings is 2. The maximum absolute atomic E-state index is 12.6. The normalized spacial score (nSPS) is 17.2. The van der Waals surface area contributed by atoms with Crippen LogP contribution in [0.5, 0.6) is 0 Å². The molecular formula is C27H32N2O5. The third kappa shape index (κ3) is 4.93. The van der Waals surface area contributed by atoms with Gasteiger partial charge in [-0.1, -0.05) is 74.7 Å². The molecule has 1 fully saturated rings. The highest BCUT2D eigenvalue weighted by atomic mass is 16.5. The first kappa shape index (κ1) is 23.8. The zero-order valence-corrected chi connectivity index (χ0v) is 19.5. The van der Waals surface area contributed by atoms with Gasteiger partial charge in [0.2, 0.25) is 5.91 Å². The number of aliphatic carboxylic acids is 1. The van der Waals surface area contributed by atoms with Gasteiger partial charge in [-0.2, -0.15) is 0 Å². The lowest BCUT2D eigenvalue weighted by atomic mass is 9.81. The summed E-state index contributed by atoms with van der Waals surface area (Å²) in [5, 5.41) is 15.2.